The maximum absolute atomic E-state index is 13.1. The Morgan fingerprint density at radius 1 is 1.15 bits per heavy atom. The lowest BCUT2D eigenvalue weighted by Crippen LogP contribution is -2.45. The number of carbonyl (C=O) groups excluding carboxylic acids is 1. The Kier molecular flexibility index (Phi) is 6.13. The predicted octanol–water partition coefficient (Wildman–Crippen LogP) is 3.26. The zero-order valence-electron chi connectivity index (χ0n) is 16.6. The van der Waals surface area contributed by atoms with Gasteiger partial charge in [-0.3, -0.25) is 4.79 Å². The third-order valence-electron chi connectivity index (χ3n) is 6.65. The fourth-order valence-corrected chi connectivity index (χ4v) is 5.02. The molecule has 6 heteroatoms. The second kappa shape index (κ2) is 8.74. The Hall–Kier alpha value is -1.40. The second-order valence-electron chi connectivity index (χ2n) is 8.52. The molecule has 1 amide bonds. The molecule has 1 aliphatic carbocycles. The third kappa shape index (κ3) is 4.54. The summed E-state index contributed by atoms with van der Waals surface area (Å²) in [5.74, 6) is 1.17. The number of ether oxygens (including phenoxy) is 1. The highest BCUT2D eigenvalue weighted by molar-refractivity contribution is 5.93. The summed E-state index contributed by atoms with van der Waals surface area (Å²) in [6.07, 6.45) is 11.6. The molecule has 0 N–H and O–H groups in total. The lowest BCUT2D eigenvalue weighted by atomic mass is 9.94. The fourth-order valence-electron chi connectivity index (χ4n) is 5.02. The van der Waals surface area contributed by atoms with E-state index in [1.54, 1.807) is 0 Å². The summed E-state index contributed by atoms with van der Waals surface area (Å²) in [6, 6.07) is 0.813. The number of likely N-dealkylation sites (tertiary alicyclic amines) is 1. The Balaban J connectivity index is 1.37. The zero-order chi connectivity index (χ0) is 18.6. The molecule has 0 radical (unpaired) electrons. The highest BCUT2D eigenvalue weighted by Gasteiger charge is 2.31. The van der Waals surface area contributed by atoms with Crippen molar-refractivity contribution in [3.63, 3.8) is 0 Å². The molecule has 4 rings (SSSR count). The summed E-state index contributed by atoms with van der Waals surface area (Å²) in [5.41, 5.74) is 0.455. The van der Waals surface area contributed by atoms with Crippen molar-refractivity contribution < 1.29 is 13.9 Å². The number of nitrogens with zero attached hydrogens (tertiary/aromatic N) is 3. The van der Waals surface area contributed by atoms with Crippen LogP contribution in [0, 0.1) is 12.8 Å². The third-order valence-corrected chi connectivity index (χ3v) is 6.65. The molecule has 0 spiro atoms. The Labute approximate surface area is 162 Å². The van der Waals surface area contributed by atoms with Gasteiger partial charge >= 0.3 is 0 Å². The number of oxazole rings is 1. The molecule has 2 saturated heterocycles. The van der Waals surface area contributed by atoms with E-state index in [-0.39, 0.29) is 12.0 Å². The van der Waals surface area contributed by atoms with Crippen LogP contribution in [0.5, 0.6) is 0 Å². The maximum atomic E-state index is 13.1. The standard InChI is InChI=1S/C21H33N3O3/c1-16-20(22-15-27-16)21(25)24(14-19-7-4-12-26-19)13-17-8-10-23(11-9-17)18-5-2-3-6-18/h15,17-19H,2-14H2,1H3/t19-/m0/s1. The smallest absolute Gasteiger partial charge is 0.276 e. The van der Waals surface area contributed by atoms with Crippen LogP contribution in [0.4, 0.5) is 0 Å². The number of amides is 1. The monoisotopic (exact) mass is 375 g/mol. The van der Waals surface area contributed by atoms with Crippen LogP contribution >= 0.6 is 0 Å². The lowest BCUT2D eigenvalue weighted by molar-refractivity contribution is 0.0424. The number of hydrogen-bond donors (Lipinski definition) is 0. The van der Waals surface area contributed by atoms with E-state index in [9.17, 15) is 4.79 Å². The Morgan fingerprint density at radius 3 is 2.56 bits per heavy atom. The van der Waals surface area contributed by atoms with Gasteiger partial charge in [0.2, 0.25) is 0 Å². The minimum absolute atomic E-state index is 0.00466. The van der Waals surface area contributed by atoms with Crippen molar-refractivity contribution in [2.75, 3.05) is 32.8 Å². The Morgan fingerprint density at radius 2 is 1.93 bits per heavy atom. The van der Waals surface area contributed by atoms with Crippen molar-refractivity contribution in [2.24, 2.45) is 5.92 Å². The maximum Gasteiger partial charge on any atom is 0.276 e. The molecule has 0 bridgehead atoms. The molecule has 0 aromatic carbocycles. The van der Waals surface area contributed by atoms with Gasteiger partial charge in [0.05, 0.1) is 6.10 Å². The Bertz CT molecular complexity index is 612. The number of carbonyl (C=O) groups is 1. The van der Waals surface area contributed by atoms with Gasteiger partial charge in [0.15, 0.2) is 12.1 Å². The van der Waals surface area contributed by atoms with Crippen LogP contribution in [0.1, 0.15) is 67.6 Å². The molecule has 0 unspecified atom stereocenters. The van der Waals surface area contributed by atoms with Gasteiger partial charge in [-0.15, -0.1) is 0 Å². The molecule has 6 nitrogen and oxygen atoms in total. The summed E-state index contributed by atoms with van der Waals surface area (Å²) in [7, 11) is 0. The number of hydrogen-bond acceptors (Lipinski definition) is 5. The van der Waals surface area contributed by atoms with Crippen molar-refractivity contribution >= 4 is 5.91 Å². The summed E-state index contributed by atoms with van der Waals surface area (Å²) in [4.78, 5) is 21.9. The molecule has 1 aromatic heterocycles. The molecule has 150 valence electrons. The van der Waals surface area contributed by atoms with Gasteiger partial charge in [-0.2, -0.15) is 0 Å². The van der Waals surface area contributed by atoms with Crippen LogP contribution in [0.15, 0.2) is 10.8 Å². The highest BCUT2D eigenvalue weighted by atomic mass is 16.5. The quantitative estimate of drug-likeness (QED) is 0.764. The van der Waals surface area contributed by atoms with E-state index in [2.05, 4.69) is 9.88 Å². The summed E-state index contributed by atoms with van der Waals surface area (Å²) in [5, 5.41) is 0. The largest absolute Gasteiger partial charge is 0.448 e. The van der Waals surface area contributed by atoms with Gasteiger partial charge in [0.25, 0.3) is 5.91 Å². The SMILES string of the molecule is Cc1ocnc1C(=O)N(CC1CCN(C2CCCC2)CC1)C[C@@H]1CCCO1. The lowest BCUT2D eigenvalue weighted by Gasteiger charge is -2.38. The highest BCUT2D eigenvalue weighted by Crippen LogP contribution is 2.28. The van der Waals surface area contributed by atoms with Gasteiger partial charge in [0, 0.05) is 25.7 Å². The number of piperidine rings is 1. The van der Waals surface area contributed by atoms with Gasteiger partial charge < -0.3 is 19.0 Å². The molecular formula is C21H33N3O3. The van der Waals surface area contributed by atoms with E-state index < -0.39 is 0 Å². The van der Waals surface area contributed by atoms with Gasteiger partial charge in [0.1, 0.15) is 5.76 Å². The molecule has 1 saturated carbocycles. The van der Waals surface area contributed by atoms with Crippen LogP contribution in [0.3, 0.4) is 0 Å². The van der Waals surface area contributed by atoms with Gasteiger partial charge in [-0.1, -0.05) is 12.8 Å². The zero-order valence-corrected chi connectivity index (χ0v) is 16.6. The molecule has 3 fully saturated rings. The van der Waals surface area contributed by atoms with E-state index in [0.717, 1.165) is 32.0 Å². The first kappa shape index (κ1) is 18.9. The van der Waals surface area contributed by atoms with Crippen LogP contribution in [-0.2, 0) is 4.74 Å². The molecule has 1 atom stereocenters. The van der Waals surface area contributed by atoms with Crippen molar-refractivity contribution in [2.45, 2.75) is 70.4 Å². The van der Waals surface area contributed by atoms with E-state index in [1.807, 2.05) is 11.8 Å². The average Bonchev–Trinajstić information content (AvgIpc) is 3.44. The van der Waals surface area contributed by atoms with E-state index in [0.29, 0.717) is 23.9 Å². The minimum atomic E-state index is -0.00466. The number of aromatic nitrogens is 1. The molecule has 2 aliphatic heterocycles. The van der Waals surface area contributed by atoms with Crippen molar-refractivity contribution in [3.05, 3.63) is 17.8 Å². The van der Waals surface area contributed by atoms with Crippen LogP contribution in [0.2, 0.25) is 0 Å². The normalized spacial score (nSPS) is 25.3. The van der Waals surface area contributed by atoms with E-state index in [1.165, 1.54) is 58.0 Å². The second-order valence-corrected chi connectivity index (χ2v) is 8.52. The first-order chi connectivity index (χ1) is 13.2. The predicted molar refractivity (Wildman–Crippen MR) is 103 cm³/mol. The number of aryl methyl sites for hydroxylation is 1. The molecular weight excluding hydrogens is 342 g/mol. The van der Waals surface area contributed by atoms with Crippen LogP contribution in [-0.4, -0.2) is 65.6 Å². The van der Waals surface area contributed by atoms with Crippen molar-refractivity contribution in [3.8, 4) is 0 Å². The molecule has 27 heavy (non-hydrogen) atoms. The summed E-state index contributed by atoms with van der Waals surface area (Å²) in [6.45, 7) is 6.47. The van der Waals surface area contributed by atoms with Gasteiger partial charge in [-0.05, 0) is 64.5 Å². The first-order valence-corrected chi connectivity index (χ1v) is 10.8. The molecule has 3 heterocycles. The summed E-state index contributed by atoms with van der Waals surface area (Å²) >= 11 is 0. The molecule has 3 aliphatic rings. The van der Waals surface area contributed by atoms with Crippen molar-refractivity contribution in [1.29, 1.82) is 0 Å². The minimum Gasteiger partial charge on any atom is -0.448 e. The first-order valence-electron chi connectivity index (χ1n) is 10.8. The van der Waals surface area contributed by atoms with E-state index >= 15 is 0 Å². The van der Waals surface area contributed by atoms with Gasteiger partial charge in [-0.25, -0.2) is 4.98 Å². The average molecular weight is 376 g/mol. The number of rotatable bonds is 6. The fraction of sp³-hybridized carbons (Fsp3) is 0.810. The topological polar surface area (TPSA) is 58.8 Å². The van der Waals surface area contributed by atoms with Crippen LogP contribution < -0.4 is 0 Å². The van der Waals surface area contributed by atoms with Crippen molar-refractivity contribution in [1.82, 2.24) is 14.8 Å². The van der Waals surface area contributed by atoms with Crippen LogP contribution in [0.25, 0.3) is 0 Å². The molecule has 1 aromatic rings. The summed E-state index contributed by atoms with van der Waals surface area (Å²) < 4.78 is 11.1. The van der Waals surface area contributed by atoms with E-state index in [4.69, 9.17) is 9.15 Å².